The van der Waals surface area contributed by atoms with E-state index < -0.39 is 5.72 Å². The maximum atomic E-state index is 13.5. The van der Waals surface area contributed by atoms with E-state index in [0.717, 1.165) is 24.1 Å². The number of hydroxylamine groups is 1. The second-order valence-corrected chi connectivity index (χ2v) is 8.33. The first-order chi connectivity index (χ1) is 13.9. The minimum absolute atomic E-state index is 0.0523. The number of nitrogens with one attached hydrogen (secondary N) is 1. The van der Waals surface area contributed by atoms with Crippen LogP contribution in [0.1, 0.15) is 56.5 Å². The minimum atomic E-state index is -0.798. The van der Waals surface area contributed by atoms with Crippen molar-refractivity contribution in [1.82, 2.24) is 15.5 Å². The van der Waals surface area contributed by atoms with Gasteiger partial charge in [-0.3, -0.25) is 4.79 Å². The number of likely N-dealkylation sites (tertiary alicyclic amines) is 1. The normalized spacial score (nSPS) is 25.2. The summed E-state index contributed by atoms with van der Waals surface area (Å²) < 4.78 is 5.45. The SMILES string of the molecule is Cc1cc(C(C(=O)N2CCCC2C2=NC(C)(c3ccccc3)ON2)C(C)C)on1. The molecule has 1 aromatic heterocycles. The van der Waals surface area contributed by atoms with Crippen molar-refractivity contribution in [3.8, 4) is 0 Å². The number of rotatable bonds is 5. The van der Waals surface area contributed by atoms with E-state index in [0.29, 0.717) is 18.1 Å². The second kappa shape index (κ2) is 7.63. The maximum absolute atomic E-state index is 13.5. The van der Waals surface area contributed by atoms with Crippen molar-refractivity contribution >= 4 is 11.7 Å². The summed E-state index contributed by atoms with van der Waals surface area (Å²) in [5.41, 5.74) is 3.96. The average Bonchev–Trinajstić information content (AvgIpc) is 3.42. The first-order valence-electron chi connectivity index (χ1n) is 10.2. The Balaban J connectivity index is 1.59. The van der Waals surface area contributed by atoms with Crippen molar-refractivity contribution in [2.24, 2.45) is 10.9 Å². The van der Waals surface area contributed by atoms with Gasteiger partial charge in [0, 0.05) is 18.2 Å². The third kappa shape index (κ3) is 3.67. The van der Waals surface area contributed by atoms with Crippen LogP contribution in [0, 0.1) is 12.8 Å². The van der Waals surface area contributed by atoms with Gasteiger partial charge in [-0.15, -0.1) is 0 Å². The number of hydrogen-bond donors (Lipinski definition) is 1. The Bertz CT molecular complexity index is 908. The summed E-state index contributed by atoms with van der Waals surface area (Å²) in [6.07, 6.45) is 1.78. The van der Waals surface area contributed by atoms with Crippen molar-refractivity contribution in [1.29, 1.82) is 0 Å². The van der Waals surface area contributed by atoms with Crippen LogP contribution in [0.25, 0.3) is 0 Å². The highest BCUT2D eigenvalue weighted by atomic mass is 16.7. The van der Waals surface area contributed by atoms with Crippen molar-refractivity contribution in [2.45, 2.75) is 58.2 Å². The van der Waals surface area contributed by atoms with Crippen molar-refractivity contribution in [2.75, 3.05) is 6.54 Å². The number of carbonyl (C=O) groups is 1. The van der Waals surface area contributed by atoms with Crippen molar-refractivity contribution in [3.05, 3.63) is 53.4 Å². The van der Waals surface area contributed by atoms with Gasteiger partial charge < -0.3 is 9.42 Å². The molecule has 29 heavy (non-hydrogen) atoms. The molecule has 2 aromatic rings. The van der Waals surface area contributed by atoms with Gasteiger partial charge in [-0.2, -0.15) is 0 Å². The van der Waals surface area contributed by atoms with Gasteiger partial charge in [0.1, 0.15) is 17.5 Å². The van der Waals surface area contributed by atoms with Crippen LogP contribution in [0.3, 0.4) is 0 Å². The number of aryl methyl sites for hydroxylation is 1. The first kappa shape index (κ1) is 19.6. The fraction of sp³-hybridized carbons (Fsp3) is 0.500. The van der Waals surface area contributed by atoms with Gasteiger partial charge in [-0.25, -0.2) is 15.3 Å². The molecular formula is C22H28N4O3. The number of hydrogen-bond acceptors (Lipinski definition) is 6. The fourth-order valence-corrected chi connectivity index (χ4v) is 4.20. The van der Waals surface area contributed by atoms with E-state index >= 15 is 0 Å². The molecule has 1 saturated heterocycles. The molecule has 3 heterocycles. The van der Waals surface area contributed by atoms with Gasteiger partial charge in [-0.05, 0) is 32.6 Å². The summed E-state index contributed by atoms with van der Waals surface area (Å²) in [5, 5.41) is 3.98. The summed E-state index contributed by atoms with van der Waals surface area (Å²) in [7, 11) is 0. The van der Waals surface area contributed by atoms with Crippen molar-refractivity contribution in [3.63, 3.8) is 0 Å². The molecule has 1 fully saturated rings. The molecule has 0 radical (unpaired) electrons. The Hall–Kier alpha value is -2.67. The van der Waals surface area contributed by atoms with Gasteiger partial charge in [0.25, 0.3) is 0 Å². The summed E-state index contributed by atoms with van der Waals surface area (Å²) in [4.78, 5) is 26.1. The quantitative estimate of drug-likeness (QED) is 0.836. The summed E-state index contributed by atoms with van der Waals surface area (Å²) in [6.45, 7) is 8.56. The molecule has 3 unspecified atom stereocenters. The van der Waals surface area contributed by atoms with E-state index in [2.05, 4.69) is 10.6 Å². The van der Waals surface area contributed by atoms with Crippen LogP contribution in [-0.4, -0.2) is 34.4 Å². The Kier molecular flexibility index (Phi) is 5.17. The van der Waals surface area contributed by atoms with Gasteiger partial charge in [0.2, 0.25) is 11.6 Å². The zero-order chi connectivity index (χ0) is 20.6. The fourth-order valence-electron chi connectivity index (χ4n) is 4.20. The van der Waals surface area contributed by atoms with Crippen LogP contribution >= 0.6 is 0 Å². The molecule has 1 amide bonds. The van der Waals surface area contributed by atoms with E-state index in [9.17, 15) is 4.79 Å². The number of benzene rings is 1. The lowest BCUT2D eigenvalue weighted by Crippen LogP contribution is -2.46. The number of aromatic nitrogens is 1. The molecule has 2 aliphatic heterocycles. The third-order valence-corrected chi connectivity index (χ3v) is 5.73. The lowest BCUT2D eigenvalue weighted by atomic mass is 9.91. The second-order valence-electron chi connectivity index (χ2n) is 8.33. The van der Waals surface area contributed by atoms with E-state index in [4.69, 9.17) is 14.4 Å². The van der Waals surface area contributed by atoms with Gasteiger partial charge in [0.05, 0.1) is 11.7 Å². The molecule has 7 nitrogen and oxygen atoms in total. The molecule has 4 rings (SSSR count). The number of nitrogens with zero attached hydrogens (tertiary/aromatic N) is 3. The Morgan fingerprint density at radius 1 is 1.31 bits per heavy atom. The van der Waals surface area contributed by atoms with Gasteiger partial charge in [-0.1, -0.05) is 49.3 Å². The minimum Gasteiger partial charge on any atom is -0.360 e. The molecule has 154 valence electrons. The van der Waals surface area contributed by atoms with E-state index in [1.54, 1.807) is 0 Å². The smallest absolute Gasteiger partial charge is 0.234 e. The molecule has 3 atom stereocenters. The summed E-state index contributed by atoms with van der Waals surface area (Å²) in [5.74, 6) is 1.12. The predicted molar refractivity (Wildman–Crippen MR) is 109 cm³/mol. The van der Waals surface area contributed by atoms with Crippen LogP contribution in [-0.2, 0) is 15.4 Å². The van der Waals surface area contributed by atoms with Gasteiger partial charge in [0.15, 0.2) is 0 Å². The third-order valence-electron chi connectivity index (χ3n) is 5.73. The number of aliphatic imine (C=N–C) groups is 1. The topological polar surface area (TPSA) is 80.0 Å². The highest BCUT2D eigenvalue weighted by Gasteiger charge is 2.43. The Morgan fingerprint density at radius 3 is 2.72 bits per heavy atom. The lowest BCUT2D eigenvalue weighted by Gasteiger charge is -2.29. The number of carbonyl (C=O) groups excluding carboxylic acids is 1. The van der Waals surface area contributed by atoms with Crippen LogP contribution in [0.2, 0.25) is 0 Å². The zero-order valence-corrected chi connectivity index (χ0v) is 17.4. The maximum Gasteiger partial charge on any atom is 0.234 e. The van der Waals surface area contributed by atoms with E-state index in [1.807, 2.05) is 69.0 Å². The number of amides is 1. The Morgan fingerprint density at radius 2 is 2.07 bits per heavy atom. The molecule has 0 bridgehead atoms. The Labute approximate surface area is 171 Å². The molecular weight excluding hydrogens is 368 g/mol. The first-order valence-corrected chi connectivity index (χ1v) is 10.2. The van der Waals surface area contributed by atoms with E-state index in [-0.39, 0.29) is 23.8 Å². The summed E-state index contributed by atoms with van der Waals surface area (Å²) >= 11 is 0. The van der Waals surface area contributed by atoms with Crippen LogP contribution in [0.4, 0.5) is 0 Å². The zero-order valence-electron chi connectivity index (χ0n) is 17.4. The number of amidine groups is 1. The lowest BCUT2D eigenvalue weighted by molar-refractivity contribution is -0.134. The molecule has 1 N–H and O–H groups in total. The molecule has 2 aliphatic rings. The largest absolute Gasteiger partial charge is 0.360 e. The van der Waals surface area contributed by atoms with Crippen molar-refractivity contribution < 1.29 is 14.2 Å². The molecule has 7 heteroatoms. The van der Waals surface area contributed by atoms with Crippen LogP contribution in [0.5, 0.6) is 0 Å². The molecule has 0 saturated carbocycles. The standard InChI is InChI=1S/C22H28N4O3/c1-14(2)19(18-13-15(3)24-28-18)21(27)26-12-8-11-17(26)20-23-22(4,29-25-20)16-9-6-5-7-10-16/h5-7,9-10,13-14,17,19H,8,11-12H2,1-4H3,(H,23,25). The highest BCUT2D eigenvalue weighted by Crippen LogP contribution is 2.34. The van der Waals surface area contributed by atoms with Crippen LogP contribution in [0.15, 0.2) is 45.9 Å². The highest BCUT2D eigenvalue weighted by molar-refractivity contribution is 5.94. The van der Waals surface area contributed by atoms with E-state index in [1.165, 1.54) is 0 Å². The van der Waals surface area contributed by atoms with Gasteiger partial charge >= 0.3 is 0 Å². The predicted octanol–water partition coefficient (Wildman–Crippen LogP) is 3.52. The molecule has 0 aliphatic carbocycles. The molecule has 0 spiro atoms. The summed E-state index contributed by atoms with van der Waals surface area (Å²) in [6, 6.07) is 11.6. The average molecular weight is 396 g/mol. The monoisotopic (exact) mass is 396 g/mol. The van der Waals surface area contributed by atoms with Crippen LogP contribution < -0.4 is 5.48 Å². The molecule has 1 aromatic carbocycles.